The summed E-state index contributed by atoms with van der Waals surface area (Å²) in [5, 5.41) is 2.01. The Bertz CT molecular complexity index is 5650. The van der Waals surface area contributed by atoms with Crippen LogP contribution < -0.4 is 9.47 Å². The van der Waals surface area contributed by atoms with Crippen molar-refractivity contribution in [2.24, 2.45) is 0 Å². The second-order valence-corrected chi connectivity index (χ2v) is 23.5. The highest BCUT2D eigenvalue weighted by molar-refractivity contribution is 6.05. The first-order valence-corrected chi connectivity index (χ1v) is 32.2. The molecular formula is C86H54N10O2. The second-order valence-electron chi connectivity index (χ2n) is 23.5. The topological polar surface area (TPSA) is 147 Å². The van der Waals surface area contributed by atoms with E-state index < -0.39 is 0 Å². The average Bonchev–Trinajstić information content (AvgIpc) is 0.769. The van der Waals surface area contributed by atoms with Crippen LogP contribution in [0.4, 0.5) is 0 Å². The molecular weight excluding hydrogens is 1210 g/mol. The van der Waals surface area contributed by atoms with Gasteiger partial charge < -0.3 is 9.47 Å². The highest BCUT2D eigenvalue weighted by atomic mass is 16.5. The number of rotatable bonds is 15. The molecule has 0 radical (unpaired) electrons. The van der Waals surface area contributed by atoms with E-state index in [0.29, 0.717) is 57.9 Å². The van der Waals surface area contributed by atoms with Crippen LogP contribution in [0.25, 0.3) is 157 Å². The summed E-state index contributed by atoms with van der Waals surface area (Å²) in [7, 11) is 0. The van der Waals surface area contributed by atoms with Gasteiger partial charge in [0, 0.05) is 78.8 Å². The molecule has 5 aromatic heterocycles. The lowest BCUT2D eigenvalue weighted by Gasteiger charge is -2.15. The van der Waals surface area contributed by atoms with E-state index in [-0.39, 0.29) is 0 Å². The van der Waals surface area contributed by atoms with E-state index >= 15 is 0 Å². The summed E-state index contributed by atoms with van der Waals surface area (Å²) < 4.78 is 12.9. The van der Waals surface area contributed by atoms with Crippen LogP contribution in [0, 0.1) is 0 Å². The summed E-state index contributed by atoms with van der Waals surface area (Å²) in [5.41, 5.74) is 18.3. The predicted molar refractivity (Wildman–Crippen MR) is 390 cm³/mol. The van der Waals surface area contributed by atoms with Crippen LogP contribution in [0.2, 0.25) is 0 Å². The zero-order chi connectivity index (χ0) is 65.1. The Balaban J connectivity index is 0.650. The fraction of sp³-hybridized carbons (Fsp3) is 0. The molecule has 12 aromatic carbocycles. The number of para-hydroxylation sites is 2. The minimum Gasteiger partial charge on any atom is -0.457 e. The lowest BCUT2D eigenvalue weighted by atomic mass is 9.90. The zero-order valence-electron chi connectivity index (χ0n) is 52.5. The van der Waals surface area contributed by atoms with Gasteiger partial charge in [0.25, 0.3) is 0 Å². The third-order valence-electron chi connectivity index (χ3n) is 17.3. The van der Waals surface area contributed by atoms with Crippen molar-refractivity contribution >= 4 is 32.8 Å². The molecule has 0 N–H and O–H groups in total. The molecule has 0 bridgehead atoms. The molecule has 0 unspecified atom stereocenters. The minimum absolute atomic E-state index is 0.574. The molecule has 0 atom stereocenters. The molecule has 0 saturated carbocycles. The number of benzene rings is 12. The molecule has 0 fully saturated rings. The standard InChI is InChI=1S/C86H54N10O2/c1-5-17-58(18-6-1)81-91-82(59-19-7-2-8-20-59)94-85(93-81)62-35-43-69(44-36-62)97-67-39-31-55(32-40-67)64-51-65(72-27-13-25-57-26-15-49-87-78(57)72)53-66(52-64)73-47-48-74(75-29-16-50-88-79(73)75)77-54-89-76-30-14-28-71(80(76)90-77)56-33-41-68(42-34-56)98-70-45-37-63(38-46-70)86-95-83(60-21-9-3-10-22-60)92-84(96-86)61-23-11-4-12-24-61/h1-54H. The number of fused-ring (bicyclic) bond motifs is 3. The number of pyridine rings is 2. The van der Waals surface area contributed by atoms with Crippen LogP contribution in [-0.2, 0) is 0 Å². The Morgan fingerprint density at radius 3 is 1.06 bits per heavy atom. The first kappa shape index (κ1) is 58.3. The first-order chi connectivity index (χ1) is 48.5. The largest absolute Gasteiger partial charge is 0.457 e. The van der Waals surface area contributed by atoms with Crippen molar-refractivity contribution in [3.63, 3.8) is 0 Å². The lowest BCUT2D eigenvalue weighted by molar-refractivity contribution is 0.482. The van der Waals surface area contributed by atoms with Crippen molar-refractivity contribution in [3.8, 4) is 147 Å². The fourth-order valence-electron chi connectivity index (χ4n) is 12.4. The van der Waals surface area contributed by atoms with E-state index in [1.807, 2.05) is 237 Å². The number of hydrogen-bond donors (Lipinski definition) is 0. The third kappa shape index (κ3) is 11.9. The van der Waals surface area contributed by atoms with Crippen molar-refractivity contribution in [3.05, 3.63) is 328 Å². The summed E-state index contributed by atoms with van der Waals surface area (Å²) in [5.74, 6) is 6.32. The van der Waals surface area contributed by atoms with Gasteiger partial charge in [-0.05, 0) is 137 Å². The van der Waals surface area contributed by atoms with E-state index in [1.165, 1.54) is 0 Å². The van der Waals surface area contributed by atoms with Gasteiger partial charge >= 0.3 is 0 Å². The summed E-state index contributed by atoms with van der Waals surface area (Å²) in [6.45, 7) is 0. The summed E-state index contributed by atoms with van der Waals surface area (Å²) >= 11 is 0. The van der Waals surface area contributed by atoms with Crippen molar-refractivity contribution in [2.75, 3.05) is 0 Å². The molecule has 17 rings (SSSR count). The maximum atomic E-state index is 6.50. The van der Waals surface area contributed by atoms with Crippen molar-refractivity contribution in [1.82, 2.24) is 49.8 Å². The van der Waals surface area contributed by atoms with Crippen LogP contribution >= 0.6 is 0 Å². The van der Waals surface area contributed by atoms with Gasteiger partial charge in [-0.2, -0.15) is 0 Å². The van der Waals surface area contributed by atoms with Gasteiger partial charge in [0.1, 0.15) is 23.0 Å². The Hall–Kier alpha value is -13.6. The molecule has 0 amide bonds. The highest BCUT2D eigenvalue weighted by Gasteiger charge is 2.20. The fourth-order valence-corrected chi connectivity index (χ4v) is 12.4. The van der Waals surface area contributed by atoms with E-state index in [4.69, 9.17) is 59.3 Å². The molecule has 98 heavy (non-hydrogen) atoms. The molecule has 0 saturated heterocycles. The zero-order valence-corrected chi connectivity index (χ0v) is 52.5. The third-order valence-corrected chi connectivity index (χ3v) is 17.3. The summed E-state index contributed by atoms with van der Waals surface area (Å²) in [4.78, 5) is 49.7. The predicted octanol–water partition coefficient (Wildman–Crippen LogP) is 21.0. The SMILES string of the molecule is c1ccc(-c2nc(-c3ccccc3)nc(-c3ccc(Oc4ccc(-c5cc(-c6cccc7cccnc67)cc(-c6ccc(-c7cnc8cccc(-c9ccc(Oc%10ccc(-c%11nc(-c%12ccccc%12)nc(-c%12ccccc%12)n%11)cc%10)cc9)c8n7)c7cccnc67)c5)cc4)cc3)n2)cc1. The molecule has 0 spiro atoms. The van der Waals surface area contributed by atoms with Crippen LogP contribution in [0.1, 0.15) is 0 Å². The van der Waals surface area contributed by atoms with E-state index in [1.54, 1.807) is 0 Å². The van der Waals surface area contributed by atoms with Crippen molar-refractivity contribution in [1.29, 1.82) is 0 Å². The number of nitrogens with zero attached hydrogens (tertiary/aromatic N) is 10. The average molecular weight is 1260 g/mol. The molecule has 0 aliphatic carbocycles. The van der Waals surface area contributed by atoms with Crippen molar-refractivity contribution in [2.45, 2.75) is 0 Å². The van der Waals surface area contributed by atoms with Crippen LogP contribution in [0.15, 0.2) is 328 Å². The molecule has 17 aromatic rings. The van der Waals surface area contributed by atoms with Crippen LogP contribution in [-0.4, -0.2) is 49.8 Å². The van der Waals surface area contributed by atoms with Gasteiger partial charge in [-0.25, -0.2) is 34.9 Å². The van der Waals surface area contributed by atoms with Crippen LogP contribution in [0.5, 0.6) is 23.0 Å². The summed E-state index contributed by atoms with van der Waals surface area (Å²) in [6, 6.07) is 103. The van der Waals surface area contributed by atoms with Crippen molar-refractivity contribution < 1.29 is 9.47 Å². The van der Waals surface area contributed by atoms with Gasteiger partial charge in [0.05, 0.1) is 34.0 Å². The van der Waals surface area contributed by atoms with Crippen LogP contribution in [0.3, 0.4) is 0 Å². The number of ether oxygens (including phenoxy) is 2. The quantitative estimate of drug-likeness (QED) is 0.0962. The summed E-state index contributed by atoms with van der Waals surface area (Å²) in [6.07, 6.45) is 5.56. The smallest absolute Gasteiger partial charge is 0.164 e. The van der Waals surface area contributed by atoms with Gasteiger partial charge in [0.15, 0.2) is 34.9 Å². The molecule has 460 valence electrons. The number of hydrogen-bond acceptors (Lipinski definition) is 12. The van der Waals surface area contributed by atoms with E-state index in [9.17, 15) is 0 Å². The molecule has 12 nitrogen and oxygen atoms in total. The maximum Gasteiger partial charge on any atom is 0.164 e. The molecule has 5 heterocycles. The Morgan fingerprint density at radius 1 is 0.214 bits per heavy atom. The van der Waals surface area contributed by atoms with E-state index in [0.717, 1.165) is 122 Å². The Labute approximate surface area is 564 Å². The maximum absolute atomic E-state index is 6.50. The molecule has 12 heteroatoms. The van der Waals surface area contributed by atoms with E-state index in [2.05, 4.69) is 91.0 Å². The molecule has 0 aliphatic rings. The highest BCUT2D eigenvalue weighted by Crippen LogP contribution is 2.41. The Kier molecular flexibility index (Phi) is 15.3. The van der Waals surface area contributed by atoms with Gasteiger partial charge in [-0.1, -0.05) is 200 Å². The van der Waals surface area contributed by atoms with Gasteiger partial charge in [-0.3, -0.25) is 15.0 Å². The van der Waals surface area contributed by atoms with Gasteiger partial charge in [-0.15, -0.1) is 0 Å². The first-order valence-electron chi connectivity index (χ1n) is 32.2. The Morgan fingerprint density at radius 2 is 0.582 bits per heavy atom. The molecule has 0 aliphatic heterocycles. The lowest BCUT2D eigenvalue weighted by Crippen LogP contribution is -2.00. The van der Waals surface area contributed by atoms with Gasteiger partial charge in [0.2, 0.25) is 0 Å². The normalized spacial score (nSPS) is 11.3. The second kappa shape index (κ2) is 25.7. The minimum atomic E-state index is 0.574. The monoisotopic (exact) mass is 1260 g/mol. The number of aromatic nitrogens is 10.